The first kappa shape index (κ1) is 73.7. The molecule has 5 aromatic rings. The van der Waals surface area contributed by atoms with Crippen LogP contribution in [0.5, 0.6) is 5.75 Å². The van der Waals surface area contributed by atoms with Crippen molar-refractivity contribution in [3.63, 3.8) is 0 Å². The molecule has 11 N–H and O–H groups in total. The third kappa shape index (κ3) is 18.3. The van der Waals surface area contributed by atoms with E-state index >= 15 is 28.4 Å². The molecule has 12 bridgehead atoms. The number of nitrogens with zero attached hydrogens (tertiary/aromatic N) is 4. The van der Waals surface area contributed by atoms with E-state index in [0.717, 1.165) is 16.0 Å². The van der Waals surface area contributed by atoms with Gasteiger partial charge in [-0.05, 0) is 123 Å². The monoisotopic (exact) mass is 1390 g/mol. The summed E-state index contributed by atoms with van der Waals surface area (Å²) in [6, 6.07) is 14.3. The summed E-state index contributed by atoms with van der Waals surface area (Å²) in [4.78, 5) is 166. The van der Waals surface area contributed by atoms with Gasteiger partial charge < -0.3 is 82.1 Å². The van der Waals surface area contributed by atoms with Crippen LogP contribution >= 0.6 is 0 Å². The van der Waals surface area contributed by atoms with Crippen molar-refractivity contribution in [1.82, 2.24) is 61.8 Å². The first-order valence-electron chi connectivity index (χ1n) is 34.5. The molecule has 2 fully saturated rings. The van der Waals surface area contributed by atoms with E-state index in [4.69, 9.17) is 15.2 Å². The minimum atomic E-state index is -1.84. The zero-order valence-electron chi connectivity index (χ0n) is 57.2. The van der Waals surface area contributed by atoms with E-state index in [1.165, 1.54) is 38.0 Å². The molecule has 101 heavy (non-hydrogen) atoms. The largest absolute Gasteiger partial charge is 0.497 e. The predicted molar refractivity (Wildman–Crippen MR) is 368 cm³/mol. The highest BCUT2D eigenvalue weighted by Gasteiger charge is 2.50. The van der Waals surface area contributed by atoms with Crippen LogP contribution in [0.2, 0.25) is 0 Å². The smallest absolute Gasteiger partial charge is 0.246 e. The van der Waals surface area contributed by atoms with Crippen LogP contribution in [0, 0.1) is 5.82 Å². The molecule has 0 radical (unpaired) electrons. The molecule has 0 aliphatic carbocycles. The number of halogens is 1. The Morgan fingerprint density at radius 3 is 2.20 bits per heavy atom. The van der Waals surface area contributed by atoms with Gasteiger partial charge in [-0.25, -0.2) is 4.39 Å². The normalized spacial score (nSPS) is 26.4. The van der Waals surface area contributed by atoms with E-state index in [1.807, 2.05) is 41.0 Å². The summed E-state index contributed by atoms with van der Waals surface area (Å²) in [6.45, 7) is 3.86. The van der Waals surface area contributed by atoms with Crippen molar-refractivity contribution in [3.05, 3.63) is 149 Å². The van der Waals surface area contributed by atoms with Crippen molar-refractivity contribution >= 4 is 75.9 Å². The van der Waals surface area contributed by atoms with Crippen molar-refractivity contribution < 1.29 is 71.7 Å². The zero-order chi connectivity index (χ0) is 72.1. The summed E-state index contributed by atoms with van der Waals surface area (Å²) in [5.74, 6) is -8.42. The van der Waals surface area contributed by atoms with Crippen molar-refractivity contribution in [1.29, 1.82) is 0 Å². The number of hydrogen-bond donors (Lipinski definition) is 10. The quantitative estimate of drug-likeness (QED) is 0.109. The van der Waals surface area contributed by atoms with E-state index in [9.17, 15) is 33.9 Å². The number of ether oxygens (including phenoxy) is 2. The molecule has 28 heteroatoms. The van der Waals surface area contributed by atoms with Crippen LogP contribution in [0.1, 0.15) is 99.1 Å². The molecule has 1 unspecified atom stereocenters. The van der Waals surface area contributed by atoms with Gasteiger partial charge in [0.1, 0.15) is 66.0 Å². The number of aromatic nitrogens is 1. The maximum Gasteiger partial charge on any atom is 0.246 e. The van der Waals surface area contributed by atoms with Gasteiger partial charge in [0.15, 0.2) is 0 Å². The maximum atomic E-state index is 16.0. The number of hydrogen-bond acceptors (Lipinski definition) is 15. The Morgan fingerprint density at radius 2 is 1.45 bits per heavy atom. The number of amides is 11. The molecular weight excluding hydrogens is 1300 g/mol. The fraction of sp³-hybridized carbons (Fsp3) is 0.466. The number of aliphatic hydroxyl groups excluding tert-OH is 1. The van der Waals surface area contributed by atoms with Gasteiger partial charge in [-0.1, -0.05) is 72.8 Å². The number of nitrogens with two attached hydrogens (primary N) is 1. The Hall–Kier alpha value is -10.1. The van der Waals surface area contributed by atoms with Crippen LogP contribution in [0.15, 0.2) is 109 Å². The fourth-order valence-corrected chi connectivity index (χ4v) is 13.7. The van der Waals surface area contributed by atoms with Crippen LogP contribution in [0.25, 0.3) is 10.9 Å². The highest BCUT2D eigenvalue weighted by molar-refractivity contribution is 6.00. The molecule has 10 atom stereocenters. The first-order valence-corrected chi connectivity index (χ1v) is 34.5. The molecule has 7 heterocycles. The average Bonchev–Trinajstić information content (AvgIpc) is 1.71. The van der Waals surface area contributed by atoms with Crippen LogP contribution in [0.3, 0.4) is 0 Å². The molecule has 11 rings (SSSR count). The molecule has 11 amide bonds. The second-order valence-electron chi connectivity index (χ2n) is 26.8. The van der Waals surface area contributed by atoms with Gasteiger partial charge in [0.25, 0.3) is 0 Å². The number of rotatable bonds is 5. The van der Waals surface area contributed by atoms with Gasteiger partial charge in [-0.2, -0.15) is 0 Å². The summed E-state index contributed by atoms with van der Waals surface area (Å²) in [5, 5.41) is 33.9. The van der Waals surface area contributed by atoms with Gasteiger partial charge in [0.05, 0.1) is 19.3 Å². The van der Waals surface area contributed by atoms with Gasteiger partial charge in [-0.3, -0.25) is 52.7 Å². The Morgan fingerprint density at radius 1 is 0.703 bits per heavy atom. The molecule has 0 spiro atoms. The lowest BCUT2D eigenvalue weighted by Crippen LogP contribution is -2.64. The summed E-state index contributed by atoms with van der Waals surface area (Å²) in [5.41, 5.74) is 8.93. The lowest BCUT2D eigenvalue weighted by molar-refractivity contribution is -0.148. The number of methoxy groups -OCH3 is 1. The lowest BCUT2D eigenvalue weighted by Gasteiger charge is -2.37. The minimum Gasteiger partial charge on any atom is -0.497 e. The second kappa shape index (κ2) is 33.4. The third-order valence-electron chi connectivity index (χ3n) is 19.4. The molecular formula is C73H90FN13O14. The number of aliphatic hydroxyl groups is 1. The number of carbonyl (C=O) groups is 11. The SMILES string of the molecule is COc1ccc(C[C@@H]2NC(=O)[C@H]([C@@H](C)O)NC(=O)[C@@H]3[C@@H]4CCN3C(=O)[C@@H]3Cc5cn(c6ccc(F)cc56)C/C=C/CCCN(Cc5ccc(cc5)CCNC(=O)[C@]5(C)CCCN5C2=O)C(=O)CCC(=O)N[C@@H](C)C(=O)N[C@H](CN)C(=O)NC(Cc2cccc(c2)CNC(=O)CO4)C(=O)N3)cc1. The molecule has 4 aromatic carbocycles. The second-order valence-corrected chi connectivity index (χ2v) is 26.8. The Bertz CT molecular complexity index is 3940. The minimum absolute atomic E-state index is 0.0541. The number of allylic oxidation sites excluding steroid dienone is 2. The van der Waals surface area contributed by atoms with E-state index in [-0.39, 0.29) is 96.7 Å². The summed E-state index contributed by atoms with van der Waals surface area (Å²) in [7, 11) is 1.49. The standard InChI is InChI=1S/C73H90FN13O14/c1-43-65(92)82-57(38-75)67(94)79-54-35-48-11-9-12-49(33-48)39-77-61(90)42-101-59-26-32-86-64(59)69(96)83-63(44(2)88)68(95)81-55(34-46-17-20-52(100-4)21-18-46)71(98)87-31-10-27-73(87,3)72(99)76-28-25-45-13-15-47(16-14-45)40-85(62(91)24-23-60(89)78-43)30-8-6-5-7-29-84-41-50(36-56(70(86)97)80-66(54)93)53-37-51(74)19-22-58(53)84/h5,7,9,11-22,33,37,41,43-44,54-57,59,63-64,88H,6,8,10,23-32,34-36,38-40,42,75H2,1-4H3,(H,76,99)(H,77,90)(H,78,89)(H,79,94)(H,80,93)(H,81,95)(H,82,92)(H,83,96)/b7-5+/t43-,44+,54?,55-,56-,57+,59-,63-,64-,73-/m0/s1. The van der Waals surface area contributed by atoms with Crippen LogP contribution in [-0.4, -0.2) is 196 Å². The Labute approximate surface area is 584 Å². The highest BCUT2D eigenvalue weighted by Crippen LogP contribution is 2.32. The van der Waals surface area contributed by atoms with E-state index in [2.05, 4.69) is 42.5 Å². The Kier molecular flexibility index (Phi) is 24.4. The van der Waals surface area contributed by atoms with Crippen molar-refractivity contribution in [2.45, 2.75) is 171 Å². The number of benzene rings is 4. The summed E-state index contributed by atoms with van der Waals surface area (Å²) in [6.07, 6.45) is 3.32. The van der Waals surface area contributed by atoms with Crippen molar-refractivity contribution in [2.24, 2.45) is 5.73 Å². The van der Waals surface area contributed by atoms with Gasteiger partial charge >= 0.3 is 0 Å². The number of carbonyl (C=O) groups excluding carboxylic acids is 11. The Balaban J connectivity index is 1.09. The molecule has 538 valence electrons. The van der Waals surface area contributed by atoms with Crippen LogP contribution in [0.4, 0.5) is 4.39 Å². The van der Waals surface area contributed by atoms with Crippen LogP contribution < -0.4 is 53.0 Å². The molecule has 6 aliphatic rings. The molecule has 6 aliphatic heterocycles. The van der Waals surface area contributed by atoms with Gasteiger partial charge in [0.2, 0.25) is 65.0 Å². The topological polar surface area (TPSA) is 363 Å². The summed E-state index contributed by atoms with van der Waals surface area (Å²) >= 11 is 0. The van der Waals surface area contributed by atoms with Gasteiger partial charge in [0, 0.05) is 102 Å². The molecule has 2 saturated heterocycles. The fourth-order valence-electron chi connectivity index (χ4n) is 13.7. The van der Waals surface area contributed by atoms with Crippen molar-refractivity contribution in [3.8, 4) is 5.75 Å². The van der Waals surface area contributed by atoms with Crippen LogP contribution in [-0.2, 0) is 103 Å². The first-order chi connectivity index (χ1) is 48.5. The van der Waals surface area contributed by atoms with Crippen molar-refractivity contribution in [2.75, 3.05) is 46.4 Å². The zero-order valence-corrected chi connectivity index (χ0v) is 57.2. The maximum absolute atomic E-state index is 16.0. The van der Waals surface area contributed by atoms with E-state index in [0.29, 0.717) is 64.6 Å². The highest BCUT2D eigenvalue weighted by atomic mass is 19.1. The van der Waals surface area contributed by atoms with Gasteiger partial charge in [-0.15, -0.1) is 0 Å². The van der Waals surface area contributed by atoms with E-state index < -0.39 is 138 Å². The lowest BCUT2D eigenvalue weighted by atomic mass is 9.95. The third-order valence-corrected chi connectivity index (χ3v) is 19.4. The number of fused-ring (bicyclic) bond motifs is 16. The average molecular weight is 1390 g/mol. The predicted octanol–water partition coefficient (Wildman–Crippen LogP) is 0.913. The molecule has 1 aromatic heterocycles. The summed E-state index contributed by atoms with van der Waals surface area (Å²) < 4.78 is 29.1. The number of nitrogens with one attached hydrogen (secondary N) is 8. The molecule has 0 saturated carbocycles. The molecule has 27 nitrogen and oxygen atoms in total. The van der Waals surface area contributed by atoms with E-state index in [1.54, 1.807) is 72.6 Å².